The molecular formula is C14H16N2O2S. The summed E-state index contributed by atoms with van der Waals surface area (Å²) in [6.07, 6.45) is 0. The van der Waals surface area contributed by atoms with Crippen LogP contribution in [0.25, 0.3) is 10.2 Å². The maximum absolute atomic E-state index is 11.3. The molecule has 0 spiro atoms. The summed E-state index contributed by atoms with van der Waals surface area (Å²) in [5, 5.41) is 4.06. The number of fused-ring (bicyclic) bond motifs is 1. The lowest BCUT2D eigenvalue weighted by molar-refractivity contribution is -0.139. The first-order chi connectivity index (χ1) is 9.06. The molecule has 100 valence electrons. The van der Waals surface area contributed by atoms with E-state index in [0.717, 1.165) is 15.3 Å². The van der Waals surface area contributed by atoms with Gasteiger partial charge in [0.05, 0.1) is 16.3 Å². The number of nitrogens with zero attached hydrogens (tertiary/aromatic N) is 1. The molecule has 1 heterocycles. The van der Waals surface area contributed by atoms with Gasteiger partial charge >= 0.3 is 5.97 Å². The van der Waals surface area contributed by atoms with Crippen LogP contribution < -0.4 is 5.32 Å². The van der Waals surface area contributed by atoms with Gasteiger partial charge in [0.15, 0.2) is 5.13 Å². The van der Waals surface area contributed by atoms with Gasteiger partial charge < -0.3 is 10.1 Å². The lowest BCUT2D eigenvalue weighted by Gasteiger charge is -2.12. The third kappa shape index (κ3) is 3.54. The number of carbonyl (C=O) groups excluding carboxylic acids is 1. The van der Waals surface area contributed by atoms with Crippen molar-refractivity contribution in [3.8, 4) is 0 Å². The molecule has 0 fully saturated rings. The van der Waals surface area contributed by atoms with Gasteiger partial charge in [0.25, 0.3) is 0 Å². The van der Waals surface area contributed by atoms with Crippen LogP contribution in [0.5, 0.6) is 0 Å². The molecule has 0 aliphatic rings. The van der Waals surface area contributed by atoms with E-state index in [0.29, 0.717) is 12.2 Å². The van der Waals surface area contributed by atoms with E-state index >= 15 is 0 Å². The van der Waals surface area contributed by atoms with Gasteiger partial charge in [-0.25, -0.2) is 9.78 Å². The second-order valence-electron chi connectivity index (χ2n) is 4.41. The van der Waals surface area contributed by atoms with Gasteiger partial charge in [-0.05, 0) is 26.0 Å². The van der Waals surface area contributed by atoms with Gasteiger partial charge in [0.2, 0.25) is 0 Å². The number of aromatic nitrogens is 1. The molecule has 1 atom stereocenters. The van der Waals surface area contributed by atoms with Crippen molar-refractivity contribution >= 4 is 32.7 Å². The molecule has 0 saturated heterocycles. The molecule has 2 rings (SSSR count). The quantitative estimate of drug-likeness (QED) is 0.673. The van der Waals surface area contributed by atoms with E-state index in [4.69, 9.17) is 4.74 Å². The zero-order valence-electron chi connectivity index (χ0n) is 11.0. The number of para-hydroxylation sites is 1. The SMILES string of the molecule is C=C(C)C(=O)OCC(C)Nc1nc2ccccc2s1. The van der Waals surface area contributed by atoms with Gasteiger partial charge in [0.1, 0.15) is 6.61 Å². The van der Waals surface area contributed by atoms with Crippen LogP contribution in [0.15, 0.2) is 36.4 Å². The number of nitrogens with one attached hydrogen (secondary N) is 1. The Bertz CT molecular complexity index is 573. The third-order valence-electron chi connectivity index (χ3n) is 2.48. The van der Waals surface area contributed by atoms with E-state index in [-0.39, 0.29) is 12.0 Å². The van der Waals surface area contributed by atoms with Gasteiger partial charge in [-0.15, -0.1) is 0 Å². The number of anilines is 1. The van der Waals surface area contributed by atoms with E-state index in [9.17, 15) is 4.79 Å². The molecular weight excluding hydrogens is 260 g/mol. The third-order valence-corrected chi connectivity index (χ3v) is 3.44. The number of benzene rings is 1. The number of hydrogen-bond acceptors (Lipinski definition) is 5. The van der Waals surface area contributed by atoms with Crippen LogP contribution in [0, 0.1) is 0 Å². The minimum atomic E-state index is -0.363. The normalized spacial score (nSPS) is 12.1. The fraction of sp³-hybridized carbons (Fsp3) is 0.286. The molecule has 19 heavy (non-hydrogen) atoms. The Morgan fingerprint density at radius 1 is 1.53 bits per heavy atom. The van der Waals surface area contributed by atoms with E-state index in [2.05, 4.69) is 16.9 Å². The summed E-state index contributed by atoms with van der Waals surface area (Å²) in [7, 11) is 0. The zero-order valence-corrected chi connectivity index (χ0v) is 11.8. The van der Waals surface area contributed by atoms with Crippen molar-refractivity contribution in [2.75, 3.05) is 11.9 Å². The molecule has 5 heteroatoms. The fourth-order valence-electron chi connectivity index (χ4n) is 1.51. The molecule has 0 aliphatic carbocycles. The van der Waals surface area contributed by atoms with Gasteiger partial charge in [-0.2, -0.15) is 0 Å². The Morgan fingerprint density at radius 2 is 2.26 bits per heavy atom. The lowest BCUT2D eigenvalue weighted by atomic mass is 10.3. The molecule has 2 aromatic rings. The summed E-state index contributed by atoms with van der Waals surface area (Å²) in [6, 6.07) is 7.96. The van der Waals surface area contributed by atoms with Crippen molar-refractivity contribution in [3.63, 3.8) is 0 Å². The summed E-state index contributed by atoms with van der Waals surface area (Å²) in [5.41, 5.74) is 1.38. The molecule has 4 nitrogen and oxygen atoms in total. The maximum Gasteiger partial charge on any atom is 0.333 e. The van der Waals surface area contributed by atoms with Crippen molar-refractivity contribution in [2.24, 2.45) is 0 Å². The van der Waals surface area contributed by atoms with Crippen molar-refractivity contribution < 1.29 is 9.53 Å². The first-order valence-corrected chi connectivity index (χ1v) is 6.82. The topological polar surface area (TPSA) is 51.2 Å². The van der Waals surface area contributed by atoms with E-state index in [1.165, 1.54) is 0 Å². The van der Waals surface area contributed by atoms with Crippen LogP contribution in [0.1, 0.15) is 13.8 Å². The summed E-state index contributed by atoms with van der Waals surface area (Å²) in [4.78, 5) is 15.7. The zero-order chi connectivity index (χ0) is 13.8. The van der Waals surface area contributed by atoms with Crippen molar-refractivity contribution in [3.05, 3.63) is 36.4 Å². The second-order valence-corrected chi connectivity index (χ2v) is 5.44. The number of ether oxygens (including phenoxy) is 1. The Hall–Kier alpha value is -1.88. The molecule has 1 N–H and O–H groups in total. The summed E-state index contributed by atoms with van der Waals surface area (Å²) in [5.74, 6) is -0.363. The summed E-state index contributed by atoms with van der Waals surface area (Å²) in [6.45, 7) is 7.41. The van der Waals surface area contributed by atoms with Crippen molar-refractivity contribution in [1.82, 2.24) is 4.98 Å². The highest BCUT2D eigenvalue weighted by Gasteiger charge is 2.10. The smallest absolute Gasteiger partial charge is 0.333 e. The minimum absolute atomic E-state index is 0.00358. The molecule has 1 unspecified atom stereocenters. The maximum atomic E-state index is 11.3. The molecule has 0 aliphatic heterocycles. The van der Waals surface area contributed by atoms with Gasteiger partial charge in [-0.3, -0.25) is 0 Å². The first-order valence-electron chi connectivity index (χ1n) is 6.01. The van der Waals surface area contributed by atoms with E-state index in [1.807, 2.05) is 31.2 Å². The summed E-state index contributed by atoms with van der Waals surface area (Å²) < 4.78 is 6.22. The first kappa shape index (κ1) is 13.5. The Morgan fingerprint density at radius 3 is 2.95 bits per heavy atom. The molecule has 1 aromatic heterocycles. The fourth-order valence-corrected chi connectivity index (χ4v) is 2.49. The average molecular weight is 276 g/mol. The standard InChI is InChI=1S/C14H16N2O2S/c1-9(2)13(17)18-8-10(3)15-14-16-11-6-4-5-7-12(11)19-14/h4-7,10H,1,8H2,2-3H3,(H,15,16). The number of carbonyl (C=O) groups is 1. The molecule has 0 saturated carbocycles. The number of rotatable bonds is 5. The predicted octanol–water partition coefficient (Wildman–Crippen LogP) is 3.22. The average Bonchev–Trinajstić information content (AvgIpc) is 2.77. The molecule has 0 amide bonds. The molecule has 0 bridgehead atoms. The second kappa shape index (κ2) is 5.84. The van der Waals surface area contributed by atoms with Crippen LogP contribution in [-0.4, -0.2) is 23.6 Å². The van der Waals surface area contributed by atoms with Crippen LogP contribution in [-0.2, 0) is 9.53 Å². The highest BCUT2D eigenvalue weighted by molar-refractivity contribution is 7.22. The summed E-state index contributed by atoms with van der Waals surface area (Å²) >= 11 is 1.59. The minimum Gasteiger partial charge on any atom is -0.460 e. The lowest BCUT2D eigenvalue weighted by Crippen LogP contribution is -2.23. The largest absolute Gasteiger partial charge is 0.460 e. The van der Waals surface area contributed by atoms with Crippen LogP contribution >= 0.6 is 11.3 Å². The Labute approximate surface area is 116 Å². The van der Waals surface area contributed by atoms with E-state index in [1.54, 1.807) is 18.3 Å². The van der Waals surface area contributed by atoms with Gasteiger partial charge in [0, 0.05) is 5.57 Å². The number of esters is 1. The van der Waals surface area contributed by atoms with Crippen LogP contribution in [0.2, 0.25) is 0 Å². The molecule has 0 radical (unpaired) electrons. The highest BCUT2D eigenvalue weighted by atomic mass is 32.1. The van der Waals surface area contributed by atoms with Crippen LogP contribution in [0.3, 0.4) is 0 Å². The van der Waals surface area contributed by atoms with Crippen LogP contribution in [0.4, 0.5) is 5.13 Å². The van der Waals surface area contributed by atoms with E-state index < -0.39 is 0 Å². The number of hydrogen-bond donors (Lipinski definition) is 1. The molecule has 1 aromatic carbocycles. The van der Waals surface area contributed by atoms with Crippen molar-refractivity contribution in [1.29, 1.82) is 0 Å². The Kier molecular flexibility index (Phi) is 4.16. The monoisotopic (exact) mass is 276 g/mol. The predicted molar refractivity (Wildman–Crippen MR) is 78.5 cm³/mol. The Balaban J connectivity index is 1.93. The van der Waals surface area contributed by atoms with Crippen molar-refractivity contribution in [2.45, 2.75) is 19.9 Å². The number of thiazole rings is 1. The highest BCUT2D eigenvalue weighted by Crippen LogP contribution is 2.25. The van der Waals surface area contributed by atoms with Gasteiger partial charge in [-0.1, -0.05) is 30.0 Å².